The van der Waals surface area contributed by atoms with E-state index >= 15 is 0 Å². The number of hydrogen-bond acceptors (Lipinski definition) is 5. The highest BCUT2D eigenvalue weighted by Gasteiger charge is 2.64. The maximum Gasteiger partial charge on any atom is 0.331 e. The molecular formula is C29H37NO5. The monoisotopic (exact) mass is 479 g/mol. The van der Waals surface area contributed by atoms with Crippen molar-refractivity contribution >= 4 is 11.9 Å². The minimum atomic E-state index is -1.42. The highest BCUT2D eigenvalue weighted by atomic mass is 16.6. The molecule has 35 heavy (non-hydrogen) atoms. The summed E-state index contributed by atoms with van der Waals surface area (Å²) in [5.74, 6) is -1.54. The number of carbonyl (C=O) groups excluding carboxylic acids is 2. The molecule has 0 aromatic heterocycles. The zero-order valence-corrected chi connectivity index (χ0v) is 20.6. The Labute approximate surface area is 207 Å². The molecule has 1 aromatic carbocycles. The van der Waals surface area contributed by atoms with Crippen LogP contribution in [0.5, 0.6) is 0 Å². The highest BCUT2D eigenvalue weighted by Crippen LogP contribution is 2.50. The number of rotatable bonds is 3. The van der Waals surface area contributed by atoms with Crippen molar-refractivity contribution in [3.05, 3.63) is 71.8 Å². The predicted molar refractivity (Wildman–Crippen MR) is 134 cm³/mol. The van der Waals surface area contributed by atoms with Gasteiger partial charge in [0.15, 0.2) is 0 Å². The van der Waals surface area contributed by atoms with Crippen LogP contribution in [0.1, 0.15) is 45.1 Å². The summed E-state index contributed by atoms with van der Waals surface area (Å²) in [4.78, 5) is 26.7. The Morgan fingerprint density at radius 1 is 1.11 bits per heavy atom. The summed E-state index contributed by atoms with van der Waals surface area (Å²) in [7, 11) is 0. The van der Waals surface area contributed by atoms with Gasteiger partial charge >= 0.3 is 5.97 Å². The van der Waals surface area contributed by atoms with Gasteiger partial charge in [-0.15, -0.1) is 0 Å². The molecule has 1 aliphatic carbocycles. The molecular weight excluding hydrogens is 442 g/mol. The van der Waals surface area contributed by atoms with Crippen molar-refractivity contribution in [3.8, 4) is 0 Å². The normalized spacial score (nSPS) is 37.7. The lowest BCUT2D eigenvalue weighted by atomic mass is 9.63. The van der Waals surface area contributed by atoms with E-state index in [1.165, 1.54) is 12.2 Å². The van der Waals surface area contributed by atoms with E-state index in [-0.39, 0.29) is 30.4 Å². The number of esters is 1. The van der Waals surface area contributed by atoms with Crippen LogP contribution < -0.4 is 5.32 Å². The van der Waals surface area contributed by atoms with Crippen LogP contribution in [0.4, 0.5) is 0 Å². The fraction of sp³-hybridized carbons (Fsp3) is 0.517. The second-order valence-electron chi connectivity index (χ2n) is 10.4. The van der Waals surface area contributed by atoms with Crippen molar-refractivity contribution in [2.24, 2.45) is 23.7 Å². The van der Waals surface area contributed by atoms with Crippen LogP contribution in [0.2, 0.25) is 0 Å². The van der Waals surface area contributed by atoms with E-state index in [0.717, 1.165) is 30.4 Å². The SMILES string of the molecule is C[C@H]1C/C=C/C2C=C(CO)[C@@H](C)C3[C@H](Cc4ccccc4)NC(=O)[C@@]23OC(=O)/C=C/[C@H](O)CCC1. The second-order valence-corrected chi connectivity index (χ2v) is 10.4. The number of nitrogens with one attached hydrogen (secondary N) is 1. The molecule has 1 aromatic rings. The molecule has 1 spiro atoms. The van der Waals surface area contributed by atoms with Gasteiger partial charge in [0.1, 0.15) is 0 Å². The number of amides is 1. The summed E-state index contributed by atoms with van der Waals surface area (Å²) in [6.45, 7) is 4.06. The summed E-state index contributed by atoms with van der Waals surface area (Å²) in [5.41, 5.74) is 0.512. The van der Waals surface area contributed by atoms with Crippen molar-refractivity contribution in [2.75, 3.05) is 6.61 Å². The highest BCUT2D eigenvalue weighted by molar-refractivity contribution is 5.94. The first kappa shape index (κ1) is 25.4. The van der Waals surface area contributed by atoms with Gasteiger partial charge in [-0.3, -0.25) is 4.79 Å². The standard InChI is InChI=1S/C29H37NO5/c1-19-8-6-12-23-17-22(18-31)20(2)27-25(16-21-10-4-3-5-11-21)30-28(34)29(23,27)35-26(33)15-14-24(32)13-7-9-19/h3-6,10-12,14-15,17,19-20,23-25,27,31-32H,7-9,13,16,18H2,1-2H3,(H,30,34)/b12-6+,15-14+/t19-,20+,23?,24+,25-,27?,29+/m0/s1. The Bertz CT molecular complexity index is 1000. The van der Waals surface area contributed by atoms with Gasteiger partial charge in [0.25, 0.3) is 5.91 Å². The lowest BCUT2D eigenvalue weighted by Crippen LogP contribution is -2.56. The van der Waals surface area contributed by atoms with E-state index < -0.39 is 23.6 Å². The first-order valence-corrected chi connectivity index (χ1v) is 12.8. The minimum Gasteiger partial charge on any atom is -0.444 e. The lowest BCUT2D eigenvalue weighted by Gasteiger charge is -2.44. The second kappa shape index (κ2) is 10.9. The van der Waals surface area contributed by atoms with E-state index in [9.17, 15) is 19.8 Å². The van der Waals surface area contributed by atoms with Gasteiger partial charge in [-0.25, -0.2) is 4.79 Å². The summed E-state index contributed by atoms with van der Waals surface area (Å²) in [6.07, 6.45) is 11.8. The molecule has 7 atom stereocenters. The van der Waals surface area contributed by atoms with Gasteiger partial charge in [0.05, 0.1) is 12.7 Å². The fourth-order valence-electron chi connectivity index (χ4n) is 6.01. The molecule has 0 saturated carbocycles. The lowest BCUT2D eigenvalue weighted by molar-refractivity contribution is -0.172. The number of hydrogen-bond donors (Lipinski definition) is 3. The number of ether oxygens (including phenoxy) is 1. The molecule has 1 fully saturated rings. The topological polar surface area (TPSA) is 95.9 Å². The molecule has 2 aliphatic heterocycles. The summed E-state index contributed by atoms with van der Waals surface area (Å²) in [6, 6.07) is 9.68. The van der Waals surface area contributed by atoms with E-state index in [2.05, 4.69) is 18.3 Å². The van der Waals surface area contributed by atoms with Gasteiger partial charge in [0, 0.05) is 24.0 Å². The van der Waals surface area contributed by atoms with Gasteiger partial charge in [0.2, 0.25) is 5.60 Å². The number of aliphatic hydroxyl groups is 2. The zero-order chi connectivity index (χ0) is 25.0. The minimum absolute atomic E-state index is 0.110. The van der Waals surface area contributed by atoms with Gasteiger partial charge in [-0.1, -0.05) is 75.2 Å². The van der Waals surface area contributed by atoms with Crippen LogP contribution in [-0.4, -0.2) is 46.4 Å². The molecule has 1 amide bonds. The van der Waals surface area contributed by atoms with Crippen LogP contribution in [0, 0.1) is 23.7 Å². The molecule has 2 heterocycles. The van der Waals surface area contributed by atoms with Crippen molar-refractivity contribution in [3.63, 3.8) is 0 Å². The Kier molecular flexibility index (Phi) is 7.92. The molecule has 6 nitrogen and oxygen atoms in total. The molecule has 3 N–H and O–H groups in total. The van der Waals surface area contributed by atoms with Crippen molar-refractivity contribution in [1.82, 2.24) is 5.32 Å². The smallest absolute Gasteiger partial charge is 0.331 e. The Morgan fingerprint density at radius 3 is 2.63 bits per heavy atom. The Hall–Kier alpha value is -2.70. The summed E-state index contributed by atoms with van der Waals surface area (Å²) in [5, 5.41) is 23.6. The third kappa shape index (κ3) is 5.29. The predicted octanol–water partition coefficient (Wildman–Crippen LogP) is 3.49. The zero-order valence-electron chi connectivity index (χ0n) is 20.6. The molecule has 3 aliphatic rings. The number of aliphatic hydroxyl groups excluding tert-OH is 2. The van der Waals surface area contributed by atoms with E-state index in [1.54, 1.807) is 0 Å². The third-order valence-corrected chi connectivity index (χ3v) is 7.90. The van der Waals surface area contributed by atoms with Gasteiger partial charge < -0.3 is 20.3 Å². The molecule has 0 bridgehead atoms. The molecule has 1 saturated heterocycles. The van der Waals surface area contributed by atoms with Crippen LogP contribution in [-0.2, 0) is 20.7 Å². The fourth-order valence-corrected chi connectivity index (χ4v) is 6.01. The Balaban J connectivity index is 1.78. The maximum atomic E-state index is 13.7. The third-order valence-electron chi connectivity index (χ3n) is 7.90. The van der Waals surface area contributed by atoms with E-state index in [1.807, 2.05) is 49.4 Å². The van der Waals surface area contributed by atoms with Crippen molar-refractivity contribution in [2.45, 2.75) is 63.7 Å². The average Bonchev–Trinajstić information content (AvgIpc) is 3.11. The number of allylic oxidation sites excluding steroid dienone is 1. The van der Waals surface area contributed by atoms with Crippen molar-refractivity contribution in [1.29, 1.82) is 0 Å². The maximum absolute atomic E-state index is 13.7. The molecule has 4 rings (SSSR count). The molecule has 188 valence electrons. The molecule has 0 radical (unpaired) electrons. The van der Waals surface area contributed by atoms with Crippen LogP contribution in [0.15, 0.2) is 66.3 Å². The van der Waals surface area contributed by atoms with Crippen LogP contribution in [0.25, 0.3) is 0 Å². The van der Waals surface area contributed by atoms with Crippen molar-refractivity contribution < 1.29 is 24.5 Å². The number of benzene rings is 1. The van der Waals surface area contributed by atoms with Crippen LogP contribution in [0.3, 0.4) is 0 Å². The van der Waals surface area contributed by atoms with Gasteiger partial charge in [-0.2, -0.15) is 0 Å². The summed E-state index contributed by atoms with van der Waals surface area (Å²) >= 11 is 0. The van der Waals surface area contributed by atoms with E-state index in [4.69, 9.17) is 4.74 Å². The van der Waals surface area contributed by atoms with E-state index in [0.29, 0.717) is 18.8 Å². The van der Waals surface area contributed by atoms with Crippen LogP contribution >= 0.6 is 0 Å². The number of carbonyl (C=O) groups is 2. The first-order valence-electron chi connectivity index (χ1n) is 12.8. The molecule has 2 unspecified atom stereocenters. The quantitative estimate of drug-likeness (QED) is 0.456. The van der Waals surface area contributed by atoms with Gasteiger partial charge in [-0.05, 0) is 48.3 Å². The average molecular weight is 480 g/mol. The largest absolute Gasteiger partial charge is 0.444 e. The first-order chi connectivity index (χ1) is 16.8. The Morgan fingerprint density at radius 2 is 1.89 bits per heavy atom. The summed E-state index contributed by atoms with van der Waals surface area (Å²) < 4.78 is 6.10. The molecule has 6 heteroatoms.